The molecule has 0 spiro atoms. The van der Waals surface area contributed by atoms with Crippen LogP contribution < -0.4 is 5.32 Å². The average molecular weight is 258 g/mol. The lowest BCUT2D eigenvalue weighted by Gasteiger charge is -2.27. The maximum atomic E-state index is 4.40. The molecule has 100 valence electrons. The normalized spacial score (nSPS) is 15.2. The highest BCUT2D eigenvalue weighted by Crippen LogP contribution is 2.17. The van der Waals surface area contributed by atoms with Crippen LogP contribution in [0.3, 0.4) is 0 Å². The molecule has 0 radical (unpaired) electrons. The van der Waals surface area contributed by atoms with Gasteiger partial charge in [0.25, 0.3) is 0 Å². The number of pyridine rings is 1. The van der Waals surface area contributed by atoms with Gasteiger partial charge in [-0.15, -0.1) is 10.2 Å². The molecule has 0 atom stereocenters. The van der Waals surface area contributed by atoms with Crippen LogP contribution in [-0.2, 0) is 19.6 Å². The van der Waals surface area contributed by atoms with Gasteiger partial charge in [0.05, 0.1) is 6.54 Å². The predicted octanol–water partition coefficient (Wildman–Crippen LogP) is 1.12. The van der Waals surface area contributed by atoms with E-state index in [9.17, 15) is 0 Å². The molecule has 19 heavy (non-hydrogen) atoms. The molecule has 2 aromatic heterocycles. The number of nitrogens with zero attached hydrogens (tertiary/aromatic N) is 5. The minimum absolute atomic E-state index is 0.848. The summed E-state index contributed by atoms with van der Waals surface area (Å²) in [4.78, 5) is 6.77. The molecule has 1 aliphatic rings. The van der Waals surface area contributed by atoms with Gasteiger partial charge in [0.2, 0.25) is 0 Å². The van der Waals surface area contributed by atoms with Crippen molar-refractivity contribution in [3.8, 4) is 0 Å². The van der Waals surface area contributed by atoms with Crippen LogP contribution in [0.1, 0.15) is 18.3 Å². The molecule has 0 saturated heterocycles. The zero-order valence-corrected chi connectivity index (χ0v) is 11.1. The third kappa shape index (κ3) is 2.58. The van der Waals surface area contributed by atoms with Gasteiger partial charge in [-0.2, -0.15) is 0 Å². The first kappa shape index (κ1) is 12.1. The Morgan fingerprint density at radius 2 is 2.32 bits per heavy atom. The number of hydrogen-bond acceptors (Lipinski definition) is 5. The summed E-state index contributed by atoms with van der Waals surface area (Å²) >= 11 is 0. The Kier molecular flexibility index (Phi) is 3.41. The van der Waals surface area contributed by atoms with E-state index in [1.807, 2.05) is 12.3 Å². The fraction of sp³-hybridized carbons (Fsp3) is 0.462. The predicted molar refractivity (Wildman–Crippen MR) is 72.5 cm³/mol. The summed E-state index contributed by atoms with van der Waals surface area (Å²) in [6, 6.07) is 4.12. The molecule has 3 heterocycles. The molecular weight excluding hydrogens is 240 g/mol. The summed E-state index contributed by atoms with van der Waals surface area (Å²) in [6.07, 6.45) is 3.63. The van der Waals surface area contributed by atoms with Crippen molar-refractivity contribution in [2.75, 3.05) is 18.4 Å². The van der Waals surface area contributed by atoms with Crippen LogP contribution in [0.2, 0.25) is 0 Å². The lowest BCUT2D eigenvalue weighted by molar-refractivity contribution is 0.209. The molecular formula is C13H18N6. The van der Waals surface area contributed by atoms with Crippen molar-refractivity contribution < 1.29 is 0 Å². The van der Waals surface area contributed by atoms with E-state index in [0.717, 1.165) is 44.4 Å². The zero-order chi connectivity index (χ0) is 13.1. The molecule has 6 nitrogen and oxygen atoms in total. The third-order valence-electron chi connectivity index (χ3n) is 3.35. The van der Waals surface area contributed by atoms with E-state index in [0.29, 0.717) is 0 Å². The Labute approximate surface area is 112 Å². The first-order chi connectivity index (χ1) is 9.36. The van der Waals surface area contributed by atoms with Crippen molar-refractivity contribution in [2.45, 2.75) is 26.6 Å². The second-order valence-electron chi connectivity index (χ2n) is 4.69. The summed E-state index contributed by atoms with van der Waals surface area (Å²) in [7, 11) is 0. The summed E-state index contributed by atoms with van der Waals surface area (Å²) in [5.41, 5.74) is 1.23. The van der Waals surface area contributed by atoms with Crippen molar-refractivity contribution in [1.82, 2.24) is 24.6 Å². The maximum Gasteiger partial charge on any atom is 0.147 e. The molecule has 0 amide bonds. The standard InChI is InChI=1S/C13H18N6/c1-2-14-13-11(4-3-5-15-13)8-18-6-7-19-10-16-17-12(19)9-18/h3-5,10H,2,6-9H2,1H3,(H,14,15). The minimum Gasteiger partial charge on any atom is -0.370 e. The van der Waals surface area contributed by atoms with Gasteiger partial charge in [0, 0.05) is 37.9 Å². The molecule has 0 aliphatic carbocycles. The van der Waals surface area contributed by atoms with Crippen LogP contribution in [0.25, 0.3) is 0 Å². The number of nitrogens with one attached hydrogen (secondary N) is 1. The largest absolute Gasteiger partial charge is 0.370 e. The Bertz CT molecular complexity index is 550. The van der Waals surface area contributed by atoms with Crippen molar-refractivity contribution >= 4 is 5.82 Å². The monoisotopic (exact) mass is 258 g/mol. The highest BCUT2D eigenvalue weighted by Gasteiger charge is 2.18. The molecule has 6 heteroatoms. The van der Waals surface area contributed by atoms with Gasteiger partial charge in [-0.1, -0.05) is 6.07 Å². The van der Waals surface area contributed by atoms with Gasteiger partial charge in [-0.05, 0) is 13.0 Å². The highest BCUT2D eigenvalue weighted by atomic mass is 15.3. The Morgan fingerprint density at radius 3 is 3.21 bits per heavy atom. The van der Waals surface area contributed by atoms with Crippen LogP contribution in [0.4, 0.5) is 5.82 Å². The number of fused-ring (bicyclic) bond motifs is 1. The van der Waals surface area contributed by atoms with Crippen LogP contribution >= 0.6 is 0 Å². The van der Waals surface area contributed by atoms with E-state index < -0.39 is 0 Å². The smallest absolute Gasteiger partial charge is 0.147 e. The van der Waals surface area contributed by atoms with Crippen LogP contribution in [0.5, 0.6) is 0 Å². The average Bonchev–Trinajstić information content (AvgIpc) is 2.89. The van der Waals surface area contributed by atoms with Gasteiger partial charge in [0.1, 0.15) is 18.0 Å². The van der Waals surface area contributed by atoms with Gasteiger partial charge in [-0.3, -0.25) is 4.90 Å². The molecule has 1 N–H and O–H groups in total. The number of rotatable bonds is 4. The third-order valence-corrected chi connectivity index (χ3v) is 3.35. The Balaban J connectivity index is 1.72. The van der Waals surface area contributed by atoms with Crippen molar-refractivity contribution in [3.63, 3.8) is 0 Å². The topological polar surface area (TPSA) is 58.9 Å². The first-order valence-corrected chi connectivity index (χ1v) is 6.63. The van der Waals surface area contributed by atoms with Gasteiger partial charge >= 0.3 is 0 Å². The fourth-order valence-electron chi connectivity index (χ4n) is 2.39. The molecule has 0 unspecified atom stereocenters. The molecule has 0 fully saturated rings. The van der Waals surface area contributed by atoms with Gasteiger partial charge < -0.3 is 9.88 Å². The van der Waals surface area contributed by atoms with E-state index in [4.69, 9.17) is 0 Å². The quantitative estimate of drug-likeness (QED) is 0.890. The van der Waals surface area contributed by atoms with E-state index >= 15 is 0 Å². The second-order valence-corrected chi connectivity index (χ2v) is 4.69. The van der Waals surface area contributed by atoms with Gasteiger partial charge in [-0.25, -0.2) is 4.98 Å². The van der Waals surface area contributed by atoms with E-state index in [2.05, 4.69) is 43.0 Å². The summed E-state index contributed by atoms with van der Waals surface area (Å²) in [5.74, 6) is 2.03. The molecule has 0 bridgehead atoms. The number of anilines is 1. The zero-order valence-electron chi connectivity index (χ0n) is 11.1. The molecule has 3 rings (SSSR count). The van der Waals surface area contributed by atoms with Gasteiger partial charge in [0.15, 0.2) is 0 Å². The van der Waals surface area contributed by atoms with Crippen molar-refractivity contribution in [2.24, 2.45) is 0 Å². The van der Waals surface area contributed by atoms with Crippen LogP contribution in [0, 0.1) is 0 Å². The van der Waals surface area contributed by atoms with E-state index in [-0.39, 0.29) is 0 Å². The van der Waals surface area contributed by atoms with Crippen molar-refractivity contribution in [1.29, 1.82) is 0 Å². The minimum atomic E-state index is 0.848. The lowest BCUT2D eigenvalue weighted by atomic mass is 10.2. The van der Waals surface area contributed by atoms with E-state index in [1.54, 1.807) is 6.33 Å². The molecule has 2 aromatic rings. The number of hydrogen-bond donors (Lipinski definition) is 1. The SMILES string of the molecule is CCNc1ncccc1CN1CCn2cnnc2C1. The fourth-order valence-corrected chi connectivity index (χ4v) is 2.39. The lowest BCUT2D eigenvalue weighted by Crippen LogP contribution is -2.33. The highest BCUT2D eigenvalue weighted by molar-refractivity contribution is 5.43. The van der Waals surface area contributed by atoms with Crippen molar-refractivity contribution in [3.05, 3.63) is 36.0 Å². The van der Waals surface area contributed by atoms with Crippen LogP contribution in [-0.4, -0.2) is 37.7 Å². The summed E-state index contributed by atoms with van der Waals surface area (Å²) in [5, 5.41) is 11.4. The summed E-state index contributed by atoms with van der Waals surface area (Å²) in [6.45, 7) is 6.69. The maximum absolute atomic E-state index is 4.40. The Hall–Kier alpha value is -1.95. The molecule has 1 aliphatic heterocycles. The first-order valence-electron chi connectivity index (χ1n) is 6.63. The Morgan fingerprint density at radius 1 is 1.37 bits per heavy atom. The molecule has 0 aromatic carbocycles. The van der Waals surface area contributed by atoms with Crippen LogP contribution in [0.15, 0.2) is 24.7 Å². The molecule has 0 saturated carbocycles. The second kappa shape index (κ2) is 5.36. The summed E-state index contributed by atoms with van der Waals surface area (Å²) < 4.78 is 2.12. The number of aromatic nitrogens is 4. The van der Waals surface area contributed by atoms with E-state index in [1.165, 1.54) is 5.56 Å².